The molecule has 0 fully saturated rings. The molecule has 35 heavy (non-hydrogen) atoms. The third kappa shape index (κ3) is 8.68. The van der Waals surface area contributed by atoms with Gasteiger partial charge in [0.25, 0.3) is 0 Å². The second kappa shape index (κ2) is 12.3. The van der Waals surface area contributed by atoms with E-state index in [1.165, 1.54) is 11.3 Å². The highest BCUT2D eigenvalue weighted by atomic mass is 32.1. The van der Waals surface area contributed by atoms with Crippen molar-refractivity contribution in [1.29, 1.82) is 0 Å². The molecule has 0 saturated carbocycles. The van der Waals surface area contributed by atoms with E-state index in [0.717, 1.165) is 15.8 Å². The lowest BCUT2D eigenvalue weighted by Crippen LogP contribution is -2.43. The van der Waals surface area contributed by atoms with Gasteiger partial charge in [0, 0.05) is 6.54 Å². The highest BCUT2D eigenvalue weighted by Gasteiger charge is 2.27. The number of amides is 2. The van der Waals surface area contributed by atoms with Crippen molar-refractivity contribution in [3.63, 3.8) is 0 Å². The summed E-state index contributed by atoms with van der Waals surface area (Å²) in [6.45, 7) is 5.88. The van der Waals surface area contributed by atoms with Gasteiger partial charge in [0.05, 0.1) is 16.3 Å². The van der Waals surface area contributed by atoms with Crippen molar-refractivity contribution in [1.82, 2.24) is 15.6 Å². The Balaban J connectivity index is 1.51. The molecule has 2 N–H and O–H groups in total. The number of nitrogens with one attached hydrogen (secondary N) is 2. The quantitative estimate of drug-likeness (QED) is 0.284. The van der Waals surface area contributed by atoms with Gasteiger partial charge in [-0.05, 0) is 57.7 Å². The number of Topliss-reactive ketones (excluding diaryl/α,β-unsaturated/α-hetero) is 1. The summed E-state index contributed by atoms with van der Waals surface area (Å²) in [6.07, 6.45) is 0.438. The fourth-order valence-corrected chi connectivity index (χ4v) is 4.24. The Morgan fingerprint density at radius 3 is 2.40 bits per heavy atom. The van der Waals surface area contributed by atoms with Crippen LogP contribution in [0.3, 0.4) is 0 Å². The zero-order valence-corrected chi connectivity index (χ0v) is 21.0. The molecule has 186 valence electrons. The van der Waals surface area contributed by atoms with Crippen LogP contribution in [0, 0.1) is 0 Å². The Labute approximate surface area is 209 Å². The number of nitrogens with zero attached hydrogens (tertiary/aromatic N) is 1. The third-order valence-corrected chi connectivity index (χ3v) is 5.96. The molecule has 0 aliphatic carbocycles. The monoisotopic (exact) mass is 497 g/mol. The molecule has 0 bridgehead atoms. The average Bonchev–Trinajstić information content (AvgIpc) is 3.25. The normalized spacial score (nSPS) is 12.1. The Morgan fingerprint density at radius 2 is 1.69 bits per heavy atom. The highest BCUT2D eigenvalue weighted by Crippen LogP contribution is 2.23. The van der Waals surface area contributed by atoms with Crippen LogP contribution in [0.4, 0.5) is 9.59 Å². The van der Waals surface area contributed by atoms with Gasteiger partial charge in [0.15, 0.2) is 5.01 Å². The van der Waals surface area contributed by atoms with Gasteiger partial charge in [-0.15, -0.1) is 11.3 Å². The molecule has 0 saturated heterocycles. The Kier molecular flexibility index (Phi) is 9.19. The van der Waals surface area contributed by atoms with E-state index < -0.39 is 23.8 Å². The van der Waals surface area contributed by atoms with Crippen LogP contribution in [0.25, 0.3) is 10.2 Å². The number of unbranched alkanes of at least 4 members (excludes halogenated alkanes) is 1. The van der Waals surface area contributed by atoms with E-state index >= 15 is 0 Å². The van der Waals surface area contributed by atoms with E-state index in [4.69, 9.17) is 9.47 Å². The Morgan fingerprint density at radius 1 is 0.971 bits per heavy atom. The lowest BCUT2D eigenvalue weighted by Gasteiger charge is -2.22. The zero-order chi connectivity index (χ0) is 25.3. The predicted molar refractivity (Wildman–Crippen MR) is 136 cm³/mol. The van der Waals surface area contributed by atoms with Crippen LogP contribution in [0.5, 0.6) is 0 Å². The summed E-state index contributed by atoms with van der Waals surface area (Å²) in [5, 5.41) is 5.75. The maximum absolute atomic E-state index is 13.2. The van der Waals surface area contributed by atoms with Crippen molar-refractivity contribution in [2.75, 3.05) is 6.54 Å². The van der Waals surface area contributed by atoms with E-state index in [9.17, 15) is 14.4 Å². The van der Waals surface area contributed by atoms with Crippen molar-refractivity contribution in [2.24, 2.45) is 0 Å². The maximum atomic E-state index is 13.2. The smallest absolute Gasteiger partial charge is 0.408 e. The van der Waals surface area contributed by atoms with Crippen LogP contribution in [-0.2, 0) is 16.1 Å². The minimum atomic E-state index is -0.782. The number of ketones is 1. The standard InChI is InChI=1S/C26H31N3O5S/c1-26(2,3)34-25(32)29-20(22(30)23-28-19-13-7-8-15-21(19)35-23)14-9-10-16-27-24(31)33-17-18-11-5-4-6-12-18/h4-8,11-13,15,20H,9-10,14,16-17H2,1-3H3,(H,27,31)(H,29,32)/t20-/m0/s1. The summed E-state index contributed by atoms with van der Waals surface area (Å²) in [5.41, 5.74) is 0.972. The van der Waals surface area contributed by atoms with Gasteiger partial charge in [-0.25, -0.2) is 14.6 Å². The number of fused-ring (bicyclic) bond motifs is 1. The number of rotatable bonds is 10. The number of alkyl carbamates (subject to hydrolysis) is 2. The van der Waals surface area contributed by atoms with E-state index in [1.807, 2.05) is 54.6 Å². The summed E-state index contributed by atoms with van der Waals surface area (Å²) in [6, 6.07) is 16.2. The largest absolute Gasteiger partial charge is 0.445 e. The number of carbonyl (C=O) groups excluding carboxylic acids is 3. The minimum absolute atomic E-state index is 0.200. The molecule has 0 spiro atoms. The first-order chi connectivity index (χ1) is 16.7. The van der Waals surface area contributed by atoms with Gasteiger partial charge in [0.2, 0.25) is 5.78 Å². The van der Waals surface area contributed by atoms with Crippen LogP contribution in [0.1, 0.15) is 55.4 Å². The molecule has 1 atom stereocenters. The Bertz CT molecular complexity index is 1110. The van der Waals surface area contributed by atoms with Crippen LogP contribution >= 0.6 is 11.3 Å². The molecule has 2 amide bonds. The van der Waals surface area contributed by atoms with Gasteiger partial charge < -0.3 is 20.1 Å². The number of aromatic nitrogens is 1. The SMILES string of the molecule is CC(C)(C)OC(=O)N[C@@H](CCCCNC(=O)OCc1ccccc1)C(=O)c1nc2ccccc2s1. The molecular formula is C26H31N3O5S. The second-order valence-corrected chi connectivity index (χ2v) is 10.1. The lowest BCUT2D eigenvalue weighted by molar-refractivity contribution is 0.0488. The number of para-hydroxylation sites is 1. The summed E-state index contributed by atoms with van der Waals surface area (Å²) in [7, 11) is 0. The number of benzene rings is 2. The molecule has 1 heterocycles. The topological polar surface area (TPSA) is 107 Å². The Hall–Kier alpha value is -3.46. The van der Waals surface area contributed by atoms with Gasteiger partial charge in [-0.3, -0.25) is 4.79 Å². The lowest BCUT2D eigenvalue weighted by atomic mass is 10.1. The van der Waals surface area contributed by atoms with Crippen LogP contribution in [0.15, 0.2) is 54.6 Å². The van der Waals surface area contributed by atoms with Crippen LogP contribution < -0.4 is 10.6 Å². The van der Waals surface area contributed by atoms with E-state index in [2.05, 4.69) is 15.6 Å². The molecular weight excluding hydrogens is 466 g/mol. The van der Waals surface area contributed by atoms with E-state index in [1.54, 1.807) is 20.8 Å². The maximum Gasteiger partial charge on any atom is 0.408 e. The number of hydrogen-bond acceptors (Lipinski definition) is 7. The van der Waals surface area contributed by atoms with E-state index in [-0.39, 0.29) is 12.4 Å². The first-order valence-electron chi connectivity index (χ1n) is 11.5. The fraction of sp³-hybridized carbons (Fsp3) is 0.385. The van der Waals surface area contributed by atoms with Crippen LogP contribution in [-0.4, -0.2) is 41.1 Å². The summed E-state index contributed by atoms with van der Waals surface area (Å²) < 4.78 is 11.4. The van der Waals surface area contributed by atoms with Crippen molar-refractivity contribution < 1.29 is 23.9 Å². The zero-order valence-electron chi connectivity index (χ0n) is 20.2. The molecule has 3 rings (SSSR count). The molecule has 1 aromatic heterocycles. The van der Waals surface area contributed by atoms with Gasteiger partial charge in [-0.2, -0.15) is 0 Å². The molecule has 8 nitrogen and oxygen atoms in total. The molecule has 0 aliphatic rings. The second-order valence-electron chi connectivity index (χ2n) is 9.03. The first kappa shape index (κ1) is 26.2. The van der Waals surface area contributed by atoms with Gasteiger partial charge in [0.1, 0.15) is 12.2 Å². The fourth-order valence-electron chi connectivity index (χ4n) is 3.28. The molecule has 0 aliphatic heterocycles. The van der Waals surface area contributed by atoms with Crippen molar-refractivity contribution >= 4 is 39.5 Å². The number of hydrogen-bond donors (Lipinski definition) is 2. The van der Waals surface area contributed by atoms with Gasteiger partial charge in [-0.1, -0.05) is 42.5 Å². The number of thiazole rings is 1. The van der Waals surface area contributed by atoms with Gasteiger partial charge >= 0.3 is 12.2 Å². The minimum Gasteiger partial charge on any atom is -0.445 e. The molecule has 2 aromatic carbocycles. The third-order valence-electron chi connectivity index (χ3n) is 4.91. The first-order valence-corrected chi connectivity index (χ1v) is 12.4. The van der Waals surface area contributed by atoms with Crippen molar-refractivity contribution in [2.45, 2.75) is 58.3 Å². The molecule has 9 heteroatoms. The average molecular weight is 498 g/mol. The van der Waals surface area contributed by atoms with Crippen LogP contribution in [0.2, 0.25) is 0 Å². The van der Waals surface area contributed by atoms with E-state index in [0.29, 0.717) is 30.8 Å². The summed E-state index contributed by atoms with van der Waals surface area (Å²) in [4.78, 5) is 41.9. The molecule has 0 radical (unpaired) electrons. The molecule has 3 aromatic rings. The highest BCUT2D eigenvalue weighted by molar-refractivity contribution is 7.20. The summed E-state index contributed by atoms with van der Waals surface area (Å²) in [5.74, 6) is -0.257. The molecule has 0 unspecified atom stereocenters. The predicted octanol–water partition coefficient (Wildman–Crippen LogP) is 5.47. The number of carbonyl (C=O) groups is 3. The van der Waals surface area contributed by atoms with Crippen molar-refractivity contribution in [3.05, 3.63) is 65.2 Å². The summed E-state index contributed by atoms with van der Waals surface area (Å²) >= 11 is 1.30. The van der Waals surface area contributed by atoms with Crippen molar-refractivity contribution in [3.8, 4) is 0 Å². The number of ether oxygens (including phenoxy) is 2.